The Labute approximate surface area is 218 Å². The van der Waals surface area contributed by atoms with Gasteiger partial charge in [0, 0.05) is 50.7 Å². The number of rotatable bonds is 9. The summed E-state index contributed by atoms with van der Waals surface area (Å²) >= 11 is 5.88. The maximum absolute atomic E-state index is 15.7. The number of aromatic nitrogens is 2. The third-order valence-electron chi connectivity index (χ3n) is 7.17. The topological polar surface area (TPSA) is 100 Å². The van der Waals surface area contributed by atoms with E-state index in [0.29, 0.717) is 23.6 Å². The van der Waals surface area contributed by atoms with E-state index in [0.717, 1.165) is 26.2 Å². The lowest BCUT2D eigenvalue weighted by Gasteiger charge is -2.36. The molecule has 0 spiro atoms. The van der Waals surface area contributed by atoms with Crippen molar-refractivity contribution in [3.8, 4) is 0 Å². The molecule has 5 rings (SSSR count). The van der Waals surface area contributed by atoms with Gasteiger partial charge in [-0.1, -0.05) is 18.5 Å². The van der Waals surface area contributed by atoms with Gasteiger partial charge in [0.1, 0.15) is 17.2 Å². The Bertz CT molecular complexity index is 1150. The van der Waals surface area contributed by atoms with Crippen LogP contribution in [-0.4, -0.2) is 89.0 Å². The minimum Gasteiger partial charge on any atom is -0.384 e. The minimum absolute atomic E-state index is 0.00665. The molecular formula is C25H30ClF2N5O4. The van der Waals surface area contributed by atoms with E-state index in [2.05, 4.69) is 20.2 Å². The van der Waals surface area contributed by atoms with Crippen molar-refractivity contribution in [2.45, 2.75) is 37.4 Å². The number of carbonyl (C=O) groups excluding carboxylic acids is 1. The molecule has 9 nitrogen and oxygen atoms in total. The highest BCUT2D eigenvalue weighted by Crippen LogP contribution is 2.41. The molecule has 2 atom stereocenters. The highest BCUT2D eigenvalue weighted by Gasteiger charge is 2.46. The maximum Gasteiger partial charge on any atom is 0.257 e. The van der Waals surface area contributed by atoms with Crippen LogP contribution in [0.2, 0.25) is 5.02 Å². The number of ether oxygens (including phenoxy) is 2. The number of alkyl halides is 1. The molecule has 4 heterocycles. The lowest BCUT2D eigenvalue weighted by Crippen LogP contribution is -2.50. The number of hydrogen-bond acceptors (Lipinski definition) is 8. The summed E-state index contributed by atoms with van der Waals surface area (Å²) in [5, 5.41) is 15.1. The van der Waals surface area contributed by atoms with E-state index in [9.17, 15) is 14.3 Å². The van der Waals surface area contributed by atoms with Gasteiger partial charge in [-0.05, 0) is 24.1 Å². The summed E-state index contributed by atoms with van der Waals surface area (Å²) in [7, 11) is 0. The monoisotopic (exact) mass is 537 g/mol. The number of nitrogens with one attached hydrogen (secondary N) is 1. The van der Waals surface area contributed by atoms with E-state index in [-0.39, 0.29) is 43.3 Å². The molecule has 0 radical (unpaired) electrons. The number of β-amino-alcohol motifs (C(OH)–C–C–N with tert-alkyl or cyclic N) is 1. The SMILES string of the molecule is CCC(O)(CN1CCNCC1)c1cc(F)c2c(c1)C(=O)N(Cc1ncc(Cl)cn1)[C@@H]2OCC1(F)COC1. The van der Waals surface area contributed by atoms with E-state index in [1.54, 1.807) is 0 Å². The average Bonchev–Trinajstić information content (AvgIpc) is 3.14. The molecule has 200 valence electrons. The molecule has 2 saturated heterocycles. The number of benzene rings is 1. The molecule has 2 N–H and O–H groups in total. The molecule has 12 heteroatoms. The standard InChI is InChI=1S/C25H30ClF2N5O4/c1-2-25(35,12-32-5-3-29-4-6-32)16-7-18-21(19(27)8-16)23(37-15-24(28)13-36-14-24)33(22(18)34)11-20-30-9-17(26)10-31-20/h7-10,23,29,35H,2-6,11-15H2,1H3/t23-,25?/m1/s1. The van der Waals surface area contributed by atoms with E-state index >= 15 is 4.39 Å². The molecule has 0 aliphatic carbocycles. The van der Waals surface area contributed by atoms with Crippen molar-refractivity contribution < 1.29 is 28.2 Å². The third-order valence-corrected chi connectivity index (χ3v) is 7.37. The fourth-order valence-electron chi connectivity index (χ4n) is 4.91. The van der Waals surface area contributed by atoms with Gasteiger partial charge in [0.2, 0.25) is 0 Å². The summed E-state index contributed by atoms with van der Waals surface area (Å²) in [6, 6.07) is 2.79. The predicted molar refractivity (Wildman–Crippen MR) is 130 cm³/mol. The zero-order valence-corrected chi connectivity index (χ0v) is 21.3. The van der Waals surface area contributed by atoms with Gasteiger partial charge in [-0.15, -0.1) is 0 Å². The van der Waals surface area contributed by atoms with Crippen LogP contribution in [0.4, 0.5) is 8.78 Å². The lowest BCUT2D eigenvalue weighted by molar-refractivity contribution is -0.183. The Morgan fingerprint density at radius 2 is 2.00 bits per heavy atom. The van der Waals surface area contributed by atoms with E-state index < -0.39 is 29.2 Å². The number of aliphatic hydroxyl groups is 1. The predicted octanol–water partition coefficient (Wildman–Crippen LogP) is 2.18. The fourth-order valence-corrected chi connectivity index (χ4v) is 5.01. The zero-order valence-electron chi connectivity index (χ0n) is 20.6. The number of amides is 1. The number of nitrogens with zero attached hydrogens (tertiary/aromatic N) is 4. The first kappa shape index (κ1) is 26.3. The summed E-state index contributed by atoms with van der Waals surface area (Å²) in [5.41, 5.74) is -2.67. The molecular weight excluding hydrogens is 508 g/mol. The van der Waals surface area contributed by atoms with Crippen LogP contribution in [0.15, 0.2) is 24.5 Å². The lowest BCUT2D eigenvalue weighted by atomic mass is 9.88. The van der Waals surface area contributed by atoms with Crippen LogP contribution in [0.3, 0.4) is 0 Å². The second kappa shape index (κ2) is 10.5. The van der Waals surface area contributed by atoms with Crippen LogP contribution in [0, 0.1) is 5.82 Å². The smallest absolute Gasteiger partial charge is 0.257 e. The first-order chi connectivity index (χ1) is 17.7. The van der Waals surface area contributed by atoms with Crippen molar-refractivity contribution in [2.24, 2.45) is 0 Å². The minimum atomic E-state index is -1.70. The zero-order chi connectivity index (χ0) is 26.2. The largest absolute Gasteiger partial charge is 0.384 e. The van der Waals surface area contributed by atoms with Crippen LogP contribution in [0.5, 0.6) is 0 Å². The van der Waals surface area contributed by atoms with Crippen LogP contribution in [-0.2, 0) is 21.6 Å². The summed E-state index contributed by atoms with van der Waals surface area (Å²) in [6.45, 7) is 4.54. The molecule has 3 aliphatic rings. The summed E-state index contributed by atoms with van der Waals surface area (Å²) < 4.78 is 41.2. The van der Waals surface area contributed by atoms with Crippen molar-refractivity contribution in [3.05, 3.63) is 57.9 Å². The molecule has 1 aromatic carbocycles. The first-order valence-corrected chi connectivity index (χ1v) is 12.7. The first-order valence-electron chi connectivity index (χ1n) is 12.4. The Hall–Kier alpha value is -2.28. The summed E-state index contributed by atoms with van der Waals surface area (Å²) in [6.07, 6.45) is 1.93. The van der Waals surface area contributed by atoms with Gasteiger partial charge in [-0.3, -0.25) is 9.69 Å². The Morgan fingerprint density at radius 1 is 1.30 bits per heavy atom. The van der Waals surface area contributed by atoms with Gasteiger partial charge < -0.3 is 24.8 Å². The Kier molecular flexibility index (Phi) is 7.45. The molecule has 0 bridgehead atoms. The van der Waals surface area contributed by atoms with Crippen LogP contribution < -0.4 is 5.32 Å². The van der Waals surface area contributed by atoms with E-state index in [4.69, 9.17) is 21.1 Å². The van der Waals surface area contributed by atoms with Crippen LogP contribution >= 0.6 is 11.6 Å². The number of halogens is 3. The van der Waals surface area contributed by atoms with Crippen molar-refractivity contribution in [1.29, 1.82) is 0 Å². The molecule has 1 unspecified atom stereocenters. The van der Waals surface area contributed by atoms with Crippen molar-refractivity contribution in [2.75, 3.05) is 52.5 Å². The second-order valence-electron chi connectivity index (χ2n) is 9.89. The number of fused-ring (bicyclic) bond motifs is 1. The molecule has 37 heavy (non-hydrogen) atoms. The van der Waals surface area contributed by atoms with Crippen LogP contribution in [0.25, 0.3) is 0 Å². The number of piperazine rings is 1. The number of carbonyl (C=O) groups is 1. The van der Waals surface area contributed by atoms with E-state index in [1.807, 2.05) is 6.92 Å². The van der Waals surface area contributed by atoms with Crippen LogP contribution in [0.1, 0.15) is 46.9 Å². The second-order valence-corrected chi connectivity index (χ2v) is 10.3. The normalized spacial score (nSPS) is 23.0. The van der Waals surface area contributed by atoms with Gasteiger partial charge >= 0.3 is 0 Å². The average molecular weight is 538 g/mol. The molecule has 2 aromatic rings. The summed E-state index contributed by atoms with van der Waals surface area (Å²) in [5.74, 6) is -0.946. The Balaban J connectivity index is 1.47. The fraction of sp³-hybridized carbons (Fsp3) is 0.560. The molecule has 2 fully saturated rings. The van der Waals surface area contributed by atoms with Gasteiger partial charge in [-0.2, -0.15) is 0 Å². The Morgan fingerprint density at radius 3 is 2.62 bits per heavy atom. The van der Waals surface area contributed by atoms with Crippen molar-refractivity contribution >= 4 is 17.5 Å². The highest BCUT2D eigenvalue weighted by atomic mass is 35.5. The highest BCUT2D eigenvalue weighted by molar-refractivity contribution is 6.30. The molecule has 3 aliphatic heterocycles. The molecule has 1 amide bonds. The van der Waals surface area contributed by atoms with Gasteiger partial charge in [0.05, 0.1) is 37.0 Å². The number of hydrogen-bond donors (Lipinski definition) is 2. The third kappa shape index (κ3) is 5.34. The van der Waals surface area contributed by atoms with Crippen molar-refractivity contribution in [1.82, 2.24) is 25.1 Å². The quantitative estimate of drug-likeness (QED) is 0.502. The van der Waals surface area contributed by atoms with E-state index in [1.165, 1.54) is 29.4 Å². The van der Waals surface area contributed by atoms with Gasteiger partial charge in [-0.25, -0.2) is 18.7 Å². The maximum atomic E-state index is 15.7. The van der Waals surface area contributed by atoms with Crippen molar-refractivity contribution in [3.63, 3.8) is 0 Å². The summed E-state index contributed by atoms with van der Waals surface area (Å²) in [4.78, 5) is 25.2. The molecule has 1 aromatic heterocycles. The van der Waals surface area contributed by atoms with Gasteiger partial charge in [0.15, 0.2) is 11.9 Å². The van der Waals surface area contributed by atoms with Gasteiger partial charge in [0.25, 0.3) is 5.91 Å². The molecule has 0 saturated carbocycles.